The van der Waals surface area contributed by atoms with Crippen molar-refractivity contribution in [2.75, 3.05) is 5.73 Å². The molecule has 15 heavy (non-hydrogen) atoms. The van der Waals surface area contributed by atoms with E-state index in [1.807, 2.05) is 29.1 Å². The van der Waals surface area contributed by atoms with Gasteiger partial charge in [-0.2, -0.15) is 0 Å². The maximum absolute atomic E-state index is 11.7. The molecule has 0 saturated heterocycles. The minimum Gasteiger partial charge on any atom is -1.00 e. The van der Waals surface area contributed by atoms with Crippen LogP contribution < -0.4 is 27.3 Å². The van der Waals surface area contributed by atoms with Crippen LogP contribution in [0.15, 0.2) is 29.1 Å². The number of nitrogens with two attached hydrogens (primary N) is 1. The molecule has 0 atom stereocenters. The Hall–Kier alpha value is -0.720. The molecule has 2 heterocycles. The van der Waals surface area contributed by atoms with E-state index in [4.69, 9.17) is 5.73 Å². The van der Waals surface area contributed by atoms with Gasteiger partial charge in [0.05, 0.1) is 4.88 Å². The number of carbonyl (C=O) groups excluding carboxylic acids is 1. The molecule has 0 aliphatic heterocycles. The van der Waals surface area contributed by atoms with Gasteiger partial charge in [-0.1, -0.05) is 17.4 Å². The zero-order valence-electron chi connectivity index (χ0n) is 7.72. The highest BCUT2D eigenvalue weighted by atomic mass is 79.9. The fourth-order valence-electron chi connectivity index (χ4n) is 1.12. The molecule has 2 aromatic rings. The molecule has 0 aliphatic carbocycles. The van der Waals surface area contributed by atoms with Crippen LogP contribution in [0.3, 0.4) is 0 Å². The van der Waals surface area contributed by atoms with Gasteiger partial charge in [-0.15, -0.1) is 11.3 Å². The predicted molar refractivity (Wildman–Crippen MR) is 57.6 cm³/mol. The summed E-state index contributed by atoms with van der Waals surface area (Å²) < 4.78 is 1.76. The predicted octanol–water partition coefficient (Wildman–Crippen LogP) is -1.43. The zero-order valence-corrected chi connectivity index (χ0v) is 10.9. The summed E-state index contributed by atoms with van der Waals surface area (Å²) in [6.45, 7) is 0.329. The van der Waals surface area contributed by atoms with Crippen molar-refractivity contribution in [2.24, 2.45) is 0 Å². The van der Waals surface area contributed by atoms with Gasteiger partial charge < -0.3 is 17.0 Å². The molecule has 0 saturated carbocycles. The third kappa shape index (κ3) is 2.87. The number of nitrogen functional groups attached to an aromatic ring is 1. The number of anilines is 1. The smallest absolute Gasteiger partial charge is 0.332 e. The number of rotatable bonds is 3. The number of halogens is 1. The zero-order chi connectivity index (χ0) is 9.97. The Morgan fingerprint density at radius 2 is 2.20 bits per heavy atom. The molecule has 3 nitrogen and oxygen atoms in total. The molecule has 0 fully saturated rings. The monoisotopic (exact) mass is 304 g/mol. The molecular weight excluding hydrogens is 296 g/mol. The van der Waals surface area contributed by atoms with Crippen LogP contribution in [0.1, 0.15) is 9.67 Å². The van der Waals surface area contributed by atoms with Crippen molar-refractivity contribution in [3.8, 4) is 0 Å². The van der Waals surface area contributed by atoms with Gasteiger partial charge in [-0.3, -0.25) is 10.5 Å². The fraction of sp³-hybridized carbons (Fsp3) is 0.111. The van der Waals surface area contributed by atoms with Crippen LogP contribution in [0.5, 0.6) is 0 Å². The summed E-state index contributed by atoms with van der Waals surface area (Å²) in [5, 5.41) is 4.43. The quantitative estimate of drug-likeness (QED) is 0.558. The highest BCUT2D eigenvalue weighted by Crippen LogP contribution is 2.10. The molecule has 0 amide bonds. The Kier molecular flexibility index (Phi) is 4.44. The number of nitrogens with zero attached hydrogens (tertiary/aromatic N) is 1. The molecule has 80 valence electrons. The van der Waals surface area contributed by atoms with Crippen molar-refractivity contribution < 1.29 is 26.3 Å². The van der Waals surface area contributed by atoms with Crippen molar-refractivity contribution in [1.29, 1.82) is 0 Å². The minimum absolute atomic E-state index is 0. The third-order valence-corrected chi connectivity index (χ3v) is 3.47. The number of hydrogen-bond donors (Lipinski definition) is 1. The summed E-state index contributed by atoms with van der Waals surface area (Å²) in [6.07, 6.45) is 1.82. The maximum Gasteiger partial charge on any atom is 0.332 e. The number of ketones is 1. The van der Waals surface area contributed by atoms with Gasteiger partial charge in [-0.25, -0.2) is 4.57 Å². The summed E-state index contributed by atoms with van der Waals surface area (Å²) in [7, 11) is 0. The lowest BCUT2D eigenvalue weighted by atomic mass is 10.3. The number of aromatic nitrogens is 1. The van der Waals surface area contributed by atoms with E-state index < -0.39 is 0 Å². The number of carbonyl (C=O) groups is 1. The first-order valence-corrected chi connectivity index (χ1v) is 5.82. The van der Waals surface area contributed by atoms with Gasteiger partial charge in [0.1, 0.15) is 6.20 Å². The van der Waals surface area contributed by atoms with Crippen LogP contribution in [0, 0.1) is 0 Å². The van der Waals surface area contributed by atoms with Crippen molar-refractivity contribution in [2.45, 2.75) is 6.54 Å². The van der Waals surface area contributed by atoms with Gasteiger partial charge in [0, 0.05) is 5.38 Å². The van der Waals surface area contributed by atoms with E-state index in [1.165, 1.54) is 22.7 Å². The van der Waals surface area contributed by atoms with Crippen LogP contribution in [-0.2, 0) is 6.54 Å². The van der Waals surface area contributed by atoms with Crippen LogP contribution in [0.25, 0.3) is 0 Å². The van der Waals surface area contributed by atoms with Crippen LogP contribution in [-0.4, -0.2) is 5.78 Å². The Morgan fingerprint density at radius 3 is 2.73 bits per heavy atom. The first-order chi connectivity index (χ1) is 6.77. The van der Waals surface area contributed by atoms with E-state index in [0.717, 1.165) is 4.88 Å². The fourth-order valence-corrected chi connectivity index (χ4v) is 2.38. The highest BCUT2D eigenvalue weighted by Gasteiger charge is 2.13. The molecular formula is C9H9BrN2OS2. The summed E-state index contributed by atoms with van der Waals surface area (Å²) in [5.74, 6) is 0.107. The molecule has 0 spiro atoms. The van der Waals surface area contributed by atoms with E-state index in [9.17, 15) is 4.79 Å². The molecule has 2 rings (SSSR count). The second kappa shape index (κ2) is 5.39. The SMILES string of the molecule is Nc1scc[n+]1CC(=O)c1cccs1.[Br-]. The van der Waals surface area contributed by atoms with Crippen LogP contribution in [0.4, 0.5) is 5.13 Å². The second-order valence-corrected chi connectivity index (χ2v) is 4.64. The lowest BCUT2D eigenvalue weighted by Gasteiger charge is -1.95. The van der Waals surface area contributed by atoms with Gasteiger partial charge in [0.15, 0.2) is 6.54 Å². The number of thiazole rings is 1. The largest absolute Gasteiger partial charge is 1.00 e. The standard InChI is InChI=1S/C9H8N2OS2.BrH/c10-9-11(3-5-14-9)6-7(12)8-2-1-4-13-8;/h1-5,10H,6H2;1H. The van der Waals surface area contributed by atoms with Crippen molar-refractivity contribution in [3.63, 3.8) is 0 Å². The van der Waals surface area contributed by atoms with E-state index in [-0.39, 0.29) is 22.8 Å². The Morgan fingerprint density at radius 1 is 1.40 bits per heavy atom. The van der Waals surface area contributed by atoms with E-state index >= 15 is 0 Å². The molecule has 2 N–H and O–H groups in total. The Bertz CT molecular complexity index is 439. The highest BCUT2D eigenvalue weighted by molar-refractivity contribution is 7.13. The normalized spacial score (nSPS) is 9.60. The molecule has 0 aliphatic rings. The summed E-state index contributed by atoms with van der Waals surface area (Å²) in [4.78, 5) is 12.4. The molecule has 0 aromatic carbocycles. The molecule has 0 bridgehead atoms. The van der Waals surface area contributed by atoms with Gasteiger partial charge >= 0.3 is 5.13 Å². The first kappa shape index (κ1) is 12.4. The van der Waals surface area contributed by atoms with Gasteiger partial charge in [0.2, 0.25) is 5.78 Å². The lowest BCUT2D eigenvalue weighted by Crippen LogP contribution is -3.00. The topological polar surface area (TPSA) is 47.0 Å². The van der Waals surface area contributed by atoms with E-state index in [0.29, 0.717) is 11.7 Å². The minimum atomic E-state index is 0. The van der Waals surface area contributed by atoms with Crippen molar-refractivity contribution in [3.05, 3.63) is 34.0 Å². The number of Topliss-reactive ketones (excluding diaryl/α,β-unsaturated/α-hetero) is 1. The summed E-state index contributed by atoms with van der Waals surface area (Å²) in [6, 6.07) is 3.70. The molecule has 0 radical (unpaired) electrons. The molecule has 0 unspecified atom stereocenters. The van der Waals surface area contributed by atoms with E-state index in [1.54, 1.807) is 4.57 Å². The number of hydrogen-bond acceptors (Lipinski definition) is 4. The Labute approximate surface area is 106 Å². The third-order valence-electron chi connectivity index (χ3n) is 1.82. The first-order valence-electron chi connectivity index (χ1n) is 4.06. The van der Waals surface area contributed by atoms with Crippen LogP contribution in [0.2, 0.25) is 0 Å². The van der Waals surface area contributed by atoms with Gasteiger partial charge in [0.25, 0.3) is 0 Å². The van der Waals surface area contributed by atoms with E-state index in [2.05, 4.69) is 0 Å². The second-order valence-electron chi connectivity index (χ2n) is 2.77. The average molecular weight is 305 g/mol. The summed E-state index contributed by atoms with van der Waals surface area (Å²) >= 11 is 2.89. The maximum atomic E-state index is 11.7. The van der Waals surface area contributed by atoms with Crippen molar-refractivity contribution >= 4 is 33.6 Å². The average Bonchev–Trinajstić information content (AvgIpc) is 2.77. The van der Waals surface area contributed by atoms with Gasteiger partial charge in [-0.05, 0) is 11.4 Å². The lowest BCUT2D eigenvalue weighted by molar-refractivity contribution is -0.664. The van der Waals surface area contributed by atoms with Crippen LogP contribution >= 0.6 is 22.7 Å². The molecule has 2 aromatic heterocycles. The number of thiophene rings is 1. The summed E-state index contributed by atoms with van der Waals surface area (Å²) in [5.41, 5.74) is 5.67. The van der Waals surface area contributed by atoms with Crippen molar-refractivity contribution in [1.82, 2.24) is 0 Å². The molecule has 6 heteroatoms. The Balaban J connectivity index is 0.00000112.